The molecule has 0 saturated carbocycles. The number of rotatable bonds is 3. The molecule has 1 aliphatic heterocycles. The van der Waals surface area contributed by atoms with Crippen LogP contribution < -0.4 is 16.0 Å². The first-order chi connectivity index (χ1) is 11.7. The van der Waals surface area contributed by atoms with E-state index in [0.717, 1.165) is 27.7 Å². The Morgan fingerprint density at radius 2 is 2.21 bits per heavy atom. The lowest BCUT2D eigenvalue weighted by atomic mass is 10.1. The predicted octanol–water partition coefficient (Wildman–Crippen LogP) is 3.19. The molecule has 0 aliphatic carbocycles. The molecule has 0 aromatic carbocycles. The summed E-state index contributed by atoms with van der Waals surface area (Å²) in [6.45, 7) is 3.34. The highest BCUT2D eigenvalue weighted by molar-refractivity contribution is 7.22. The number of nitrogens with two attached hydrogens (primary N) is 1. The average Bonchev–Trinajstić information content (AvgIpc) is 3.00. The maximum Gasteiger partial charge on any atom is 0.186 e. The molecule has 0 bridgehead atoms. The second kappa shape index (κ2) is 6.20. The first-order valence-electron chi connectivity index (χ1n) is 8.07. The van der Waals surface area contributed by atoms with Crippen molar-refractivity contribution in [3.63, 3.8) is 0 Å². The summed E-state index contributed by atoms with van der Waals surface area (Å²) in [6, 6.07) is 4.17. The molecule has 3 aromatic heterocycles. The Kier molecular flexibility index (Phi) is 3.89. The molecule has 8 heteroatoms. The summed E-state index contributed by atoms with van der Waals surface area (Å²) < 4.78 is 1.03. The number of nitrogens with zero attached hydrogens (tertiary/aromatic N) is 5. The highest BCUT2D eigenvalue weighted by Gasteiger charge is 2.22. The molecule has 0 spiro atoms. The fourth-order valence-corrected chi connectivity index (χ4v) is 4.13. The molecule has 1 atom stereocenters. The third-order valence-corrected chi connectivity index (χ3v) is 5.39. The number of nitrogen functional groups attached to an aromatic ring is 1. The van der Waals surface area contributed by atoms with E-state index < -0.39 is 0 Å². The van der Waals surface area contributed by atoms with Crippen LogP contribution >= 0.6 is 11.3 Å². The lowest BCUT2D eigenvalue weighted by Gasteiger charge is -2.32. The van der Waals surface area contributed by atoms with Gasteiger partial charge in [0.2, 0.25) is 0 Å². The summed E-state index contributed by atoms with van der Waals surface area (Å²) in [4.78, 5) is 19.8. The van der Waals surface area contributed by atoms with Gasteiger partial charge in [0.25, 0.3) is 0 Å². The van der Waals surface area contributed by atoms with E-state index in [1.54, 1.807) is 23.6 Å². The third-order valence-electron chi connectivity index (χ3n) is 4.28. The molecule has 7 nitrogen and oxygen atoms in total. The number of piperidine rings is 1. The van der Waals surface area contributed by atoms with Crippen molar-refractivity contribution in [2.24, 2.45) is 0 Å². The minimum absolute atomic E-state index is 0.423. The highest BCUT2D eigenvalue weighted by Crippen LogP contribution is 2.36. The van der Waals surface area contributed by atoms with Gasteiger partial charge >= 0.3 is 0 Å². The average molecular weight is 341 g/mol. The summed E-state index contributed by atoms with van der Waals surface area (Å²) in [5.74, 6) is 1.80. The van der Waals surface area contributed by atoms with Crippen LogP contribution in [-0.4, -0.2) is 32.5 Å². The molecule has 0 radical (unpaired) electrons. The fourth-order valence-electron chi connectivity index (χ4n) is 3.00. The Balaban J connectivity index is 1.69. The Morgan fingerprint density at radius 3 is 3.04 bits per heavy atom. The second-order valence-corrected chi connectivity index (χ2v) is 6.97. The van der Waals surface area contributed by atoms with Crippen LogP contribution in [0.15, 0.2) is 24.7 Å². The molecule has 124 valence electrons. The quantitative estimate of drug-likeness (QED) is 0.755. The molecule has 24 heavy (non-hydrogen) atoms. The van der Waals surface area contributed by atoms with Gasteiger partial charge in [-0.05, 0) is 32.3 Å². The number of hydrogen-bond acceptors (Lipinski definition) is 8. The van der Waals surface area contributed by atoms with Crippen molar-refractivity contribution < 1.29 is 0 Å². The number of nitrogens with one attached hydrogen (secondary N) is 1. The largest absolute Gasteiger partial charge is 0.384 e. The number of thiazole rings is 1. The number of fused-ring (bicyclic) bond motifs is 1. The van der Waals surface area contributed by atoms with Crippen molar-refractivity contribution in [2.45, 2.75) is 32.2 Å². The predicted molar refractivity (Wildman–Crippen MR) is 97.8 cm³/mol. The summed E-state index contributed by atoms with van der Waals surface area (Å²) in [5.41, 5.74) is 6.67. The first-order valence-corrected chi connectivity index (χ1v) is 8.89. The minimum atomic E-state index is 0.423. The molecular formula is C16H19N7S. The zero-order valence-electron chi connectivity index (χ0n) is 13.4. The number of hydrogen-bond donors (Lipinski definition) is 2. The molecule has 4 heterocycles. The summed E-state index contributed by atoms with van der Waals surface area (Å²) in [5, 5.41) is 4.29. The van der Waals surface area contributed by atoms with Gasteiger partial charge in [0.15, 0.2) is 10.9 Å². The maximum absolute atomic E-state index is 5.71. The van der Waals surface area contributed by atoms with Gasteiger partial charge in [0.1, 0.15) is 18.0 Å². The fraction of sp³-hybridized carbons (Fsp3) is 0.375. The van der Waals surface area contributed by atoms with Gasteiger partial charge in [-0.15, -0.1) is 0 Å². The van der Waals surface area contributed by atoms with Crippen LogP contribution in [0.5, 0.6) is 0 Å². The third kappa shape index (κ3) is 2.84. The molecule has 0 amide bonds. The molecule has 1 aliphatic rings. The number of pyridine rings is 1. The summed E-state index contributed by atoms with van der Waals surface area (Å²) in [7, 11) is 0. The Hall–Kier alpha value is -2.48. The zero-order valence-corrected chi connectivity index (χ0v) is 14.3. The van der Waals surface area contributed by atoms with Crippen LogP contribution in [0.2, 0.25) is 0 Å². The Morgan fingerprint density at radius 1 is 1.29 bits per heavy atom. The van der Waals surface area contributed by atoms with E-state index in [4.69, 9.17) is 10.7 Å². The Bertz CT molecular complexity index is 863. The van der Waals surface area contributed by atoms with E-state index in [2.05, 4.69) is 32.1 Å². The van der Waals surface area contributed by atoms with Crippen LogP contribution in [-0.2, 0) is 0 Å². The Labute approximate surface area is 144 Å². The van der Waals surface area contributed by atoms with Gasteiger partial charge in [-0.25, -0.2) is 19.9 Å². The maximum atomic E-state index is 5.71. The minimum Gasteiger partial charge on any atom is -0.384 e. The lowest BCUT2D eigenvalue weighted by molar-refractivity contribution is 0.484. The smallest absolute Gasteiger partial charge is 0.186 e. The van der Waals surface area contributed by atoms with Crippen molar-refractivity contribution >= 4 is 44.1 Å². The molecule has 1 fully saturated rings. The van der Waals surface area contributed by atoms with Gasteiger partial charge < -0.3 is 16.0 Å². The summed E-state index contributed by atoms with van der Waals surface area (Å²) in [6.07, 6.45) is 6.94. The zero-order chi connectivity index (χ0) is 16.5. The van der Waals surface area contributed by atoms with Gasteiger partial charge in [0, 0.05) is 24.8 Å². The van der Waals surface area contributed by atoms with E-state index in [1.807, 2.05) is 6.07 Å². The molecule has 3 N–H and O–H groups in total. The van der Waals surface area contributed by atoms with Crippen molar-refractivity contribution in [2.75, 3.05) is 22.5 Å². The van der Waals surface area contributed by atoms with Crippen LogP contribution in [0, 0.1) is 0 Å². The number of anilines is 4. The van der Waals surface area contributed by atoms with Crippen molar-refractivity contribution in [3.8, 4) is 0 Å². The molecule has 0 unspecified atom stereocenters. The molecule has 1 saturated heterocycles. The van der Waals surface area contributed by atoms with Crippen LogP contribution in [0.4, 0.5) is 22.6 Å². The lowest BCUT2D eigenvalue weighted by Crippen LogP contribution is -2.37. The van der Waals surface area contributed by atoms with E-state index in [-0.39, 0.29) is 0 Å². The summed E-state index contributed by atoms with van der Waals surface area (Å²) >= 11 is 1.67. The van der Waals surface area contributed by atoms with Crippen LogP contribution in [0.25, 0.3) is 10.2 Å². The highest BCUT2D eigenvalue weighted by atomic mass is 32.1. The van der Waals surface area contributed by atoms with E-state index in [1.165, 1.54) is 25.6 Å². The normalized spacial score (nSPS) is 18.0. The van der Waals surface area contributed by atoms with E-state index >= 15 is 0 Å². The van der Waals surface area contributed by atoms with Crippen molar-refractivity contribution in [3.05, 3.63) is 24.7 Å². The standard InChI is InChI=1S/C16H19N7S/c1-10-4-2-3-7-23(10)16-21-11-5-6-18-15(14(11)24-16)22-13-8-12(17)19-9-20-13/h5-6,8-10H,2-4,7H2,1H3,(H3,17,18,19,20,22)/t10-/m1/s1. The van der Waals surface area contributed by atoms with E-state index in [9.17, 15) is 0 Å². The van der Waals surface area contributed by atoms with Gasteiger partial charge in [-0.1, -0.05) is 11.3 Å². The van der Waals surface area contributed by atoms with Gasteiger partial charge in [-0.2, -0.15) is 0 Å². The monoisotopic (exact) mass is 341 g/mol. The second-order valence-electron chi connectivity index (χ2n) is 6.00. The molecule has 4 rings (SSSR count). The topological polar surface area (TPSA) is 92.9 Å². The van der Waals surface area contributed by atoms with Crippen LogP contribution in [0.1, 0.15) is 26.2 Å². The SMILES string of the molecule is C[C@@H]1CCCCN1c1nc2ccnc(Nc3cc(N)ncn3)c2s1. The van der Waals surface area contributed by atoms with Crippen molar-refractivity contribution in [1.29, 1.82) is 0 Å². The van der Waals surface area contributed by atoms with Gasteiger partial charge in [0.05, 0.1) is 10.2 Å². The number of aromatic nitrogens is 4. The van der Waals surface area contributed by atoms with E-state index in [0.29, 0.717) is 17.7 Å². The van der Waals surface area contributed by atoms with Gasteiger partial charge in [-0.3, -0.25) is 0 Å². The van der Waals surface area contributed by atoms with Crippen LogP contribution in [0.3, 0.4) is 0 Å². The molecular weight excluding hydrogens is 322 g/mol. The van der Waals surface area contributed by atoms with Crippen molar-refractivity contribution in [1.82, 2.24) is 19.9 Å². The first kappa shape index (κ1) is 15.1. The molecule has 3 aromatic rings.